The average molecular weight is 355 g/mol. The molecule has 2 heterocycles. The zero-order valence-electron chi connectivity index (χ0n) is 15.8. The molecule has 140 valence electrons. The van der Waals surface area contributed by atoms with Crippen LogP contribution in [0.2, 0.25) is 0 Å². The third-order valence-electron chi connectivity index (χ3n) is 4.72. The Labute approximate surface area is 156 Å². The van der Waals surface area contributed by atoms with Crippen LogP contribution in [0.5, 0.6) is 0 Å². The summed E-state index contributed by atoms with van der Waals surface area (Å²) in [4.78, 5) is 14.4. The summed E-state index contributed by atoms with van der Waals surface area (Å²) in [7, 11) is 1.73. The molecule has 0 bridgehead atoms. The van der Waals surface area contributed by atoms with Crippen LogP contribution in [-0.4, -0.2) is 67.9 Å². The molecule has 6 heteroatoms. The number of anilines is 2. The van der Waals surface area contributed by atoms with Crippen LogP contribution in [0.25, 0.3) is 11.3 Å². The van der Waals surface area contributed by atoms with E-state index in [1.54, 1.807) is 7.11 Å². The largest absolute Gasteiger partial charge is 0.385 e. The summed E-state index contributed by atoms with van der Waals surface area (Å²) in [5, 5.41) is 3.42. The molecule has 1 aromatic heterocycles. The van der Waals surface area contributed by atoms with E-state index in [1.165, 1.54) is 0 Å². The topological polar surface area (TPSA) is 53.5 Å². The molecule has 1 aliphatic rings. The van der Waals surface area contributed by atoms with Crippen molar-refractivity contribution in [2.75, 3.05) is 63.2 Å². The third kappa shape index (κ3) is 4.93. The van der Waals surface area contributed by atoms with Gasteiger partial charge >= 0.3 is 0 Å². The quantitative estimate of drug-likeness (QED) is 0.735. The number of hydrogen-bond acceptors (Lipinski definition) is 6. The number of methoxy groups -OCH3 is 1. The number of aromatic nitrogens is 2. The second-order valence-electron chi connectivity index (χ2n) is 6.50. The molecular formula is C20H29N5O. The summed E-state index contributed by atoms with van der Waals surface area (Å²) in [6, 6.07) is 12.3. The predicted octanol–water partition coefficient (Wildman–Crippen LogP) is 2.73. The lowest BCUT2D eigenvalue weighted by Gasteiger charge is -2.34. The Morgan fingerprint density at radius 1 is 1.08 bits per heavy atom. The van der Waals surface area contributed by atoms with E-state index in [2.05, 4.69) is 34.2 Å². The summed E-state index contributed by atoms with van der Waals surface area (Å²) in [5.41, 5.74) is 2.08. The van der Waals surface area contributed by atoms with Crippen molar-refractivity contribution in [3.05, 3.63) is 36.4 Å². The summed E-state index contributed by atoms with van der Waals surface area (Å²) in [5.74, 6) is 1.69. The molecule has 0 amide bonds. The molecule has 1 saturated heterocycles. The van der Waals surface area contributed by atoms with Gasteiger partial charge in [0.05, 0.1) is 5.69 Å². The van der Waals surface area contributed by atoms with Crippen molar-refractivity contribution < 1.29 is 4.74 Å². The van der Waals surface area contributed by atoms with Gasteiger partial charge in [0.15, 0.2) is 0 Å². The highest BCUT2D eigenvalue weighted by molar-refractivity contribution is 5.64. The first-order valence-corrected chi connectivity index (χ1v) is 9.44. The molecule has 0 saturated carbocycles. The van der Waals surface area contributed by atoms with Gasteiger partial charge in [0.2, 0.25) is 5.95 Å². The number of hydrogen-bond donors (Lipinski definition) is 1. The average Bonchev–Trinajstić information content (AvgIpc) is 2.72. The summed E-state index contributed by atoms with van der Waals surface area (Å²) < 4.78 is 5.13. The molecule has 1 aromatic carbocycles. The van der Waals surface area contributed by atoms with Crippen LogP contribution < -0.4 is 10.2 Å². The van der Waals surface area contributed by atoms with Gasteiger partial charge in [-0.25, -0.2) is 4.98 Å². The second-order valence-corrected chi connectivity index (χ2v) is 6.50. The maximum Gasteiger partial charge on any atom is 0.227 e. The van der Waals surface area contributed by atoms with Crippen LogP contribution in [0.1, 0.15) is 13.3 Å². The predicted molar refractivity (Wildman–Crippen MR) is 107 cm³/mol. The summed E-state index contributed by atoms with van der Waals surface area (Å²) >= 11 is 0. The Morgan fingerprint density at radius 2 is 1.85 bits per heavy atom. The Bertz CT molecular complexity index is 671. The molecule has 1 aliphatic heterocycles. The van der Waals surface area contributed by atoms with Crippen molar-refractivity contribution in [3.63, 3.8) is 0 Å². The number of piperazine rings is 1. The molecular weight excluding hydrogens is 326 g/mol. The van der Waals surface area contributed by atoms with Crippen LogP contribution in [0.15, 0.2) is 36.4 Å². The van der Waals surface area contributed by atoms with Crippen molar-refractivity contribution in [3.8, 4) is 11.3 Å². The van der Waals surface area contributed by atoms with E-state index in [1.807, 2.05) is 24.3 Å². The molecule has 0 spiro atoms. The Hall–Kier alpha value is -2.18. The number of benzene rings is 1. The monoisotopic (exact) mass is 355 g/mol. The number of nitrogens with one attached hydrogen (secondary N) is 1. The molecule has 1 N–H and O–H groups in total. The number of rotatable bonds is 8. The molecule has 0 radical (unpaired) electrons. The van der Waals surface area contributed by atoms with Gasteiger partial charge in [-0.3, -0.25) is 0 Å². The zero-order chi connectivity index (χ0) is 18.2. The summed E-state index contributed by atoms with van der Waals surface area (Å²) in [6.45, 7) is 8.95. The van der Waals surface area contributed by atoms with Crippen molar-refractivity contribution in [2.45, 2.75) is 13.3 Å². The lowest BCUT2D eigenvalue weighted by Crippen LogP contribution is -2.46. The van der Waals surface area contributed by atoms with Crippen LogP contribution in [0.3, 0.4) is 0 Å². The maximum atomic E-state index is 5.13. The van der Waals surface area contributed by atoms with Crippen LogP contribution >= 0.6 is 0 Å². The SMILES string of the molecule is CCN1CCN(c2nc(NCCCOC)cc(-c3ccccc3)n2)CC1. The van der Waals surface area contributed by atoms with Gasteiger partial charge in [-0.15, -0.1) is 0 Å². The second kappa shape index (κ2) is 9.50. The van der Waals surface area contributed by atoms with Gasteiger partial charge in [0, 0.05) is 58.1 Å². The van der Waals surface area contributed by atoms with E-state index in [0.29, 0.717) is 0 Å². The van der Waals surface area contributed by atoms with Crippen molar-refractivity contribution in [2.24, 2.45) is 0 Å². The smallest absolute Gasteiger partial charge is 0.227 e. The lowest BCUT2D eigenvalue weighted by atomic mass is 10.1. The number of likely N-dealkylation sites (N-methyl/N-ethyl adjacent to an activating group) is 1. The standard InChI is InChI=1S/C20H29N5O/c1-3-24-11-13-25(14-12-24)20-22-18(17-8-5-4-6-9-17)16-19(23-20)21-10-7-15-26-2/h4-6,8-9,16H,3,7,10-15H2,1-2H3,(H,21,22,23). The van der Waals surface area contributed by atoms with Gasteiger partial charge in [-0.05, 0) is 13.0 Å². The van der Waals surface area contributed by atoms with E-state index < -0.39 is 0 Å². The van der Waals surface area contributed by atoms with Crippen molar-refractivity contribution in [1.82, 2.24) is 14.9 Å². The molecule has 6 nitrogen and oxygen atoms in total. The minimum atomic E-state index is 0.745. The Kier molecular flexibility index (Phi) is 6.80. The fourth-order valence-corrected chi connectivity index (χ4v) is 3.12. The molecule has 3 rings (SSSR count). The van der Waals surface area contributed by atoms with Gasteiger partial charge in [-0.2, -0.15) is 4.98 Å². The van der Waals surface area contributed by atoms with Crippen molar-refractivity contribution in [1.29, 1.82) is 0 Å². The van der Waals surface area contributed by atoms with E-state index in [4.69, 9.17) is 14.7 Å². The maximum absolute atomic E-state index is 5.13. The van der Waals surface area contributed by atoms with E-state index in [0.717, 1.165) is 75.3 Å². The first-order chi connectivity index (χ1) is 12.8. The Balaban J connectivity index is 1.80. The first-order valence-electron chi connectivity index (χ1n) is 9.44. The van der Waals surface area contributed by atoms with E-state index >= 15 is 0 Å². The fraction of sp³-hybridized carbons (Fsp3) is 0.500. The van der Waals surface area contributed by atoms with Gasteiger partial charge in [-0.1, -0.05) is 37.3 Å². The first kappa shape index (κ1) is 18.6. The molecule has 26 heavy (non-hydrogen) atoms. The molecule has 1 fully saturated rings. The molecule has 0 unspecified atom stereocenters. The number of nitrogens with zero attached hydrogens (tertiary/aromatic N) is 4. The van der Waals surface area contributed by atoms with Gasteiger partial charge in [0.25, 0.3) is 0 Å². The Morgan fingerprint density at radius 3 is 2.54 bits per heavy atom. The van der Waals surface area contributed by atoms with Crippen LogP contribution in [0.4, 0.5) is 11.8 Å². The highest BCUT2D eigenvalue weighted by atomic mass is 16.5. The van der Waals surface area contributed by atoms with E-state index in [-0.39, 0.29) is 0 Å². The number of ether oxygens (including phenoxy) is 1. The highest BCUT2D eigenvalue weighted by Crippen LogP contribution is 2.23. The van der Waals surface area contributed by atoms with Crippen LogP contribution in [-0.2, 0) is 4.74 Å². The van der Waals surface area contributed by atoms with Crippen molar-refractivity contribution >= 4 is 11.8 Å². The van der Waals surface area contributed by atoms with Gasteiger partial charge in [0.1, 0.15) is 5.82 Å². The normalized spacial score (nSPS) is 15.2. The summed E-state index contributed by atoms with van der Waals surface area (Å²) in [6.07, 6.45) is 0.950. The van der Waals surface area contributed by atoms with E-state index in [9.17, 15) is 0 Å². The highest BCUT2D eigenvalue weighted by Gasteiger charge is 2.19. The van der Waals surface area contributed by atoms with Crippen LogP contribution in [0, 0.1) is 0 Å². The van der Waals surface area contributed by atoms with Gasteiger partial charge < -0.3 is 19.9 Å². The third-order valence-corrected chi connectivity index (χ3v) is 4.72. The minimum absolute atomic E-state index is 0.745. The molecule has 2 aromatic rings. The zero-order valence-corrected chi connectivity index (χ0v) is 15.8. The fourth-order valence-electron chi connectivity index (χ4n) is 3.12. The lowest BCUT2D eigenvalue weighted by molar-refractivity contribution is 0.198. The molecule has 0 aliphatic carbocycles. The molecule has 0 atom stereocenters. The minimum Gasteiger partial charge on any atom is -0.385 e.